The predicted molar refractivity (Wildman–Crippen MR) is 99.3 cm³/mol. The SMILES string of the molecule is O=C(/C=C/c1ccc(COc2ccccc2Cl)o1)c1ccc(Cl)cc1. The smallest absolute Gasteiger partial charge is 0.185 e. The molecule has 0 aliphatic rings. The fourth-order valence-corrected chi connectivity index (χ4v) is 2.46. The third kappa shape index (κ3) is 4.75. The van der Waals surface area contributed by atoms with Gasteiger partial charge in [0.25, 0.3) is 0 Å². The molecule has 1 aromatic heterocycles. The van der Waals surface area contributed by atoms with Crippen LogP contribution in [0.2, 0.25) is 10.0 Å². The summed E-state index contributed by atoms with van der Waals surface area (Å²) in [5, 5.41) is 1.14. The van der Waals surface area contributed by atoms with Crippen molar-refractivity contribution in [2.75, 3.05) is 0 Å². The number of carbonyl (C=O) groups excluding carboxylic acids is 1. The molecule has 0 aliphatic carbocycles. The van der Waals surface area contributed by atoms with Crippen LogP contribution in [0.25, 0.3) is 6.08 Å². The highest BCUT2D eigenvalue weighted by Crippen LogP contribution is 2.24. The normalized spacial score (nSPS) is 11.0. The summed E-state index contributed by atoms with van der Waals surface area (Å²) < 4.78 is 11.2. The largest absolute Gasteiger partial charge is 0.484 e. The number of para-hydroxylation sites is 1. The van der Waals surface area contributed by atoms with E-state index in [0.29, 0.717) is 32.9 Å². The summed E-state index contributed by atoms with van der Waals surface area (Å²) in [5.41, 5.74) is 0.564. The molecule has 25 heavy (non-hydrogen) atoms. The Morgan fingerprint density at radius 1 is 1.00 bits per heavy atom. The summed E-state index contributed by atoms with van der Waals surface area (Å²) in [7, 11) is 0. The Morgan fingerprint density at radius 2 is 1.76 bits per heavy atom. The molecule has 0 unspecified atom stereocenters. The van der Waals surface area contributed by atoms with Crippen molar-refractivity contribution in [1.29, 1.82) is 0 Å². The molecule has 0 fully saturated rings. The maximum Gasteiger partial charge on any atom is 0.185 e. The number of hydrogen-bond acceptors (Lipinski definition) is 3. The second kappa shape index (κ2) is 8.06. The molecule has 5 heteroatoms. The number of benzene rings is 2. The average molecular weight is 373 g/mol. The highest BCUT2D eigenvalue weighted by atomic mass is 35.5. The van der Waals surface area contributed by atoms with E-state index in [2.05, 4.69) is 0 Å². The molecule has 0 amide bonds. The van der Waals surface area contributed by atoms with E-state index in [-0.39, 0.29) is 12.4 Å². The molecule has 1 heterocycles. The lowest BCUT2D eigenvalue weighted by Crippen LogP contribution is -1.94. The standard InChI is InChI=1S/C20H14Cl2O3/c21-15-7-5-14(6-8-15)19(23)12-11-16-9-10-17(25-16)13-24-20-4-2-1-3-18(20)22/h1-12H,13H2/b12-11+. The van der Waals surface area contributed by atoms with Crippen molar-refractivity contribution in [3.8, 4) is 5.75 Å². The number of hydrogen-bond donors (Lipinski definition) is 0. The summed E-state index contributed by atoms with van der Waals surface area (Å²) in [6.45, 7) is 0.253. The molecule has 2 aromatic carbocycles. The lowest BCUT2D eigenvalue weighted by molar-refractivity contribution is 0.104. The summed E-state index contributed by atoms with van der Waals surface area (Å²) in [6.07, 6.45) is 3.08. The van der Waals surface area contributed by atoms with Gasteiger partial charge in [0.1, 0.15) is 23.9 Å². The molecule has 0 spiro atoms. The minimum atomic E-state index is -0.123. The van der Waals surface area contributed by atoms with E-state index < -0.39 is 0 Å². The Bertz CT molecular complexity index is 895. The second-order valence-electron chi connectivity index (χ2n) is 5.23. The Labute approximate surface area is 155 Å². The Morgan fingerprint density at radius 3 is 2.52 bits per heavy atom. The van der Waals surface area contributed by atoms with Crippen LogP contribution in [0, 0.1) is 0 Å². The Balaban J connectivity index is 1.60. The van der Waals surface area contributed by atoms with Crippen molar-refractivity contribution in [2.24, 2.45) is 0 Å². The first-order chi connectivity index (χ1) is 12.1. The van der Waals surface area contributed by atoms with E-state index in [1.165, 1.54) is 6.08 Å². The zero-order valence-electron chi connectivity index (χ0n) is 13.1. The summed E-state index contributed by atoms with van der Waals surface area (Å²) in [4.78, 5) is 12.1. The number of ether oxygens (including phenoxy) is 1. The van der Waals surface area contributed by atoms with Gasteiger partial charge in [0.05, 0.1) is 5.02 Å². The first kappa shape index (κ1) is 17.3. The monoisotopic (exact) mass is 372 g/mol. The average Bonchev–Trinajstić information content (AvgIpc) is 3.07. The van der Waals surface area contributed by atoms with Gasteiger partial charge < -0.3 is 9.15 Å². The van der Waals surface area contributed by atoms with Crippen LogP contribution < -0.4 is 4.74 Å². The molecule has 3 rings (SSSR count). The van der Waals surface area contributed by atoms with Gasteiger partial charge in [0, 0.05) is 10.6 Å². The maximum atomic E-state index is 12.1. The van der Waals surface area contributed by atoms with Crippen LogP contribution in [-0.4, -0.2) is 5.78 Å². The Kier molecular flexibility index (Phi) is 5.59. The van der Waals surface area contributed by atoms with E-state index in [9.17, 15) is 4.79 Å². The van der Waals surface area contributed by atoms with E-state index in [0.717, 1.165) is 0 Å². The molecule has 0 bridgehead atoms. The lowest BCUT2D eigenvalue weighted by Gasteiger charge is -2.05. The maximum absolute atomic E-state index is 12.1. The Hall–Kier alpha value is -2.49. The van der Waals surface area contributed by atoms with Gasteiger partial charge in [0.15, 0.2) is 5.78 Å². The van der Waals surface area contributed by atoms with Gasteiger partial charge in [-0.15, -0.1) is 0 Å². The lowest BCUT2D eigenvalue weighted by atomic mass is 10.1. The van der Waals surface area contributed by atoms with Crippen molar-refractivity contribution < 1.29 is 13.9 Å². The van der Waals surface area contributed by atoms with Gasteiger partial charge in [-0.25, -0.2) is 0 Å². The van der Waals surface area contributed by atoms with Gasteiger partial charge in [-0.05, 0) is 60.7 Å². The van der Waals surface area contributed by atoms with Gasteiger partial charge >= 0.3 is 0 Å². The van der Waals surface area contributed by atoms with Crippen molar-refractivity contribution in [3.63, 3.8) is 0 Å². The topological polar surface area (TPSA) is 39.4 Å². The number of carbonyl (C=O) groups is 1. The molecule has 126 valence electrons. The molecule has 0 saturated heterocycles. The fraction of sp³-hybridized carbons (Fsp3) is 0.0500. The second-order valence-corrected chi connectivity index (χ2v) is 6.07. The number of rotatable bonds is 6. The zero-order chi connectivity index (χ0) is 17.6. The first-order valence-corrected chi connectivity index (χ1v) is 8.31. The number of ketones is 1. The van der Waals surface area contributed by atoms with Crippen molar-refractivity contribution in [3.05, 3.63) is 93.9 Å². The van der Waals surface area contributed by atoms with Crippen molar-refractivity contribution >= 4 is 35.1 Å². The molecule has 0 saturated carbocycles. The third-order valence-corrected chi connectivity index (χ3v) is 3.98. The summed E-state index contributed by atoms with van der Waals surface area (Å²) in [5.74, 6) is 1.68. The molecule has 0 radical (unpaired) electrons. The minimum Gasteiger partial charge on any atom is -0.484 e. The van der Waals surface area contributed by atoms with Gasteiger partial charge in [-0.2, -0.15) is 0 Å². The third-order valence-electron chi connectivity index (χ3n) is 3.42. The fourth-order valence-electron chi connectivity index (χ4n) is 2.14. The summed E-state index contributed by atoms with van der Waals surface area (Å²) in [6, 6.07) is 17.5. The van der Waals surface area contributed by atoms with E-state index in [1.54, 1.807) is 54.6 Å². The van der Waals surface area contributed by atoms with Crippen LogP contribution >= 0.6 is 23.2 Å². The van der Waals surface area contributed by atoms with E-state index >= 15 is 0 Å². The molecule has 3 nitrogen and oxygen atoms in total. The molecular formula is C20H14Cl2O3. The van der Waals surface area contributed by atoms with Gasteiger partial charge in [-0.1, -0.05) is 35.3 Å². The van der Waals surface area contributed by atoms with Gasteiger partial charge in [0.2, 0.25) is 0 Å². The molecule has 3 aromatic rings. The molecule has 0 N–H and O–H groups in total. The van der Waals surface area contributed by atoms with Crippen LogP contribution in [0.5, 0.6) is 5.75 Å². The number of allylic oxidation sites excluding steroid dienone is 1. The molecular weight excluding hydrogens is 359 g/mol. The van der Waals surface area contributed by atoms with E-state index in [1.807, 2.05) is 12.1 Å². The highest BCUT2D eigenvalue weighted by molar-refractivity contribution is 6.32. The first-order valence-electron chi connectivity index (χ1n) is 7.56. The van der Waals surface area contributed by atoms with Gasteiger partial charge in [-0.3, -0.25) is 4.79 Å². The number of furan rings is 1. The van der Waals surface area contributed by atoms with Crippen LogP contribution in [0.4, 0.5) is 0 Å². The van der Waals surface area contributed by atoms with Crippen LogP contribution in [-0.2, 0) is 6.61 Å². The van der Waals surface area contributed by atoms with E-state index in [4.69, 9.17) is 32.4 Å². The number of halogens is 2. The molecule has 0 atom stereocenters. The van der Waals surface area contributed by atoms with Crippen LogP contribution in [0.3, 0.4) is 0 Å². The van der Waals surface area contributed by atoms with Crippen LogP contribution in [0.1, 0.15) is 21.9 Å². The molecule has 0 aliphatic heterocycles. The zero-order valence-corrected chi connectivity index (χ0v) is 14.6. The quantitative estimate of drug-likeness (QED) is 0.389. The minimum absolute atomic E-state index is 0.123. The van der Waals surface area contributed by atoms with Crippen molar-refractivity contribution in [2.45, 2.75) is 6.61 Å². The van der Waals surface area contributed by atoms with Crippen molar-refractivity contribution in [1.82, 2.24) is 0 Å². The highest BCUT2D eigenvalue weighted by Gasteiger charge is 2.05. The summed E-state index contributed by atoms with van der Waals surface area (Å²) >= 11 is 11.8. The van der Waals surface area contributed by atoms with Crippen LogP contribution in [0.15, 0.2) is 71.2 Å². The predicted octanol–water partition coefficient (Wildman–Crippen LogP) is 6.06.